The smallest absolute Gasteiger partial charge is 0.360 e. The van der Waals surface area contributed by atoms with Crippen LogP contribution < -0.4 is 10.6 Å². The van der Waals surface area contributed by atoms with Crippen molar-refractivity contribution >= 4 is 17.3 Å². The Kier molecular flexibility index (Phi) is 5.45. The van der Waals surface area contributed by atoms with Crippen molar-refractivity contribution in [3.8, 4) is 6.07 Å². The summed E-state index contributed by atoms with van der Waals surface area (Å²) < 4.78 is 37.5. The molecule has 0 aliphatic carbocycles. The summed E-state index contributed by atoms with van der Waals surface area (Å²) in [6, 6.07) is 13.1. The Hall–Kier alpha value is -3.27. The molecule has 4 nitrogen and oxygen atoms in total. The summed E-state index contributed by atoms with van der Waals surface area (Å²) in [5.74, 6) is -0.615. The van der Waals surface area contributed by atoms with E-state index in [1.54, 1.807) is 18.2 Å². The summed E-state index contributed by atoms with van der Waals surface area (Å²) in [5.41, 5.74) is 0.749. The number of nitrogens with one attached hydrogen (secondary N) is 2. The highest BCUT2D eigenvalue weighted by Crippen LogP contribution is 2.29. The molecule has 0 bridgehead atoms. The lowest BCUT2D eigenvalue weighted by molar-refractivity contribution is -0.137. The number of aryl methyl sites for hydroxylation is 1. The SMILES string of the molecule is Cc1ccccc1NC(=O)/C(C#N)=C\Nc1ccc(C(F)(F)F)cc1. The van der Waals surface area contributed by atoms with Crippen molar-refractivity contribution < 1.29 is 18.0 Å². The Labute approximate surface area is 142 Å². The molecule has 7 heteroatoms. The van der Waals surface area contributed by atoms with Crippen LogP contribution in [-0.4, -0.2) is 5.91 Å². The minimum Gasteiger partial charge on any atom is -0.360 e. The number of nitrogens with zero attached hydrogens (tertiary/aromatic N) is 1. The average molecular weight is 345 g/mol. The Morgan fingerprint density at radius 2 is 1.76 bits per heavy atom. The molecular weight excluding hydrogens is 331 g/mol. The second-order valence-corrected chi connectivity index (χ2v) is 5.16. The second-order valence-electron chi connectivity index (χ2n) is 5.16. The van der Waals surface area contributed by atoms with Crippen LogP contribution in [0.2, 0.25) is 0 Å². The van der Waals surface area contributed by atoms with Gasteiger partial charge in [-0.15, -0.1) is 0 Å². The molecule has 0 aliphatic rings. The molecule has 0 fully saturated rings. The summed E-state index contributed by atoms with van der Waals surface area (Å²) >= 11 is 0. The fourth-order valence-corrected chi connectivity index (χ4v) is 1.96. The molecule has 2 N–H and O–H groups in total. The van der Waals surface area contributed by atoms with Gasteiger partial charge in [0.05, 0.1) is 5.56 Å². The predicted molar refractivity (Wildman–Crippen MR) is 88.6 cm³/mol. The van der Waals surface area contributed by atoms with Gasteiger partial charge in [-0.3, -0.25) is 4.79 Å². The zero-order valence-corrected chi connectivity index (χ0v) is 13.2. The van der Waals surface area contributed by atoms with E-state index in [1.165, 1.54) is 12.1 Å². The molecular formula is C18H14F3N3O. The van der Waals surface area contributed by atoms with Crippen molar-refractivity contribution in [3.05, 3.63) is 71.4 Å². The number of hydrogen-bond acceptors (Lipinski definition) is 3. The molecule has 0 atom stereocenters. The van der Waals surface area contributed by atoms with Gasteiger partial charge in [-0.1, -0.05) is 18.2 Å². The van der Waals surface area contributed by atoms with Crippen LogP contribution in [0, 0.1) is 18.3 Å². The number of rotatable bonds is 4. The molecule has 128 valence electrons. The first-order chi connectivity index (χ1) is 11.8. The molecule has 0 aliphatic heterocycles. The fraction of sp³-hybridized carbons (Fsp3) is 0.111. The maximum Gasteiger partial charge on any atom is 0.416 e. The number of hydrogen-bond donors (Lipinski definition) is 2. The summed E-state index contributed by atoms with van der Waals surface area (Å²) in [6.45, 7) is 1.81. The van der Waals surface area contributed by atoms with E-state index < -0.39 is 17.6 Å². The van der Waals surface area contributed by atoms with Gasteiger partial charge in [0.25, 0.3) is 5.91 Å². The minimum atomic E-state index is -4.42. The van der Waals surface area contributed by atoms with Gasteiger partial charge >= 0.3 is 6.18 Å². The third-order valence-electron chi connectivity index (χ3n) is 3.35. The quantitative estimate of drug-likeness (QED) is 0.635. The van der Waals surface area contributed by atoms with Gasteiger partial charge in [-0.05, 0) is 42.8 Å². The van der Waals surface area contributed by atoms with Crippen LogP contribution >= 0.6 is 0 Å². The highest BCUT2D eigenvalue weighted by Gasteiger charge is 2.29. The lowest BCUT2D eigenvalue weighted by Gasteiger charge is -2.09. The van der Waals surface area contributed by atoms with Crippen molar-refractivity contribution in [1.82, 2.24) is 0 Å². The lowest BCUT2D eigenvalue weighted by Crippen LogP contribution is -2.15. The number of nitriles is 1. The number of benzene rings is 2. The molecule has 0 saturated heterocycles. The Balaban J connectivity index is 2.09. The lowest BCUT2D eigenvalue weighted by atomic mass is 10.2. The first-order valence-electron chi connectivity index (χ1n) is 7.22. The monoisotopic (exact) mass is 345 g/mol. The third-order valence-corrected chi connectivity index (χ3v) is 3.35. The zero-order chi connectivity index (χ0) is 18.4. The van der Waals surface area contributed by atoms with E-state index in [-0.39, 0.29) is 5.57 Å². The highest BCUT2D eigenvalue weighted by molar-refractivity contribution is 6.07. The van der Waals surface area contributed by atoms with E-state index in [0.717, 1.165) is 23.9 Å². The van der Waals surface area contributed by atoms with Crippen molar-refractivity contribution in [3.63, 3.8) is 0 Å². The van der Waals surface area contributed by atoms with Crippen LogP contribution in [-0.2, 0) is 11.0 Å². The minimum absolute atomic E-state index is 0.205. The van der Waals surface area contributed by atoms with Crippen LogP contribution in [0.25, 0.3) is 0 Å². The molecule has 0 saturated carbocycles. The number of carbonyl (C=O) groups is 1. The number of anilines is 2. The van der Waals surface area contributed by atoms with Crippen LogP contribution in [0.15, 0.2) is 60.3 Å². The van der Waals surface area contributed by atoms with Crippen molar-refractivity contribution in [1.29, 1.82) is 5.26 Å². The van der Waals surface area contributed by atoms with Crippen molar-refractivity contribution in [2.45, 2.75) is 13.1 Å². The summed E-state index contributed by atoms with van der Waals surface area (Å²) in [7, 11) is 0. The molecule has 1 amide bonds. The number of alkyl halides is 3. The molecule has 2 aromatic carbocycles. The predicted octanol–water partition coefficient (Wildman–Crippen LogP) is 4.47. The van der Waals surface area contributed by atoms with Gasteiger partial charge in [-0.2, -0.15) is 18.4 Å². The van der Waals surface area contributed by atoms with Gasteiger partial charge in [0, 0.05) is 17.6 Å². The fourth-order valence-electron chi connectivity index (χ4n) is 1.96. The maximum absolute atomic E-state index is 12.5. The van der Waals surface area contributed by atoms with Gasteiger partial charge in [-0.25, -0.2) is 0 Å². The van der Waals surface area contributed by atoms with Gasteiger partial charge in [0.2, 0.25) is 0 Å². The number of amides is 1. The van der Waals surface area contributed by atoms with Crippen LogP contribution in [0.4, 0.5) is 24.5 Å². The molecule has 0 radical (unpaired) electrons. The first-order valence-corrected chi connectivity index (χ1v) is 7.22. The molecule has 25 heavy (non-hydrogen) atoms. The van der Waals surface area contributed by atoms with E-state index >= 15 is 0 Å². The molecule has 0 heterocycles. The average Bonchev–Trinajstić information content (AvgIpc) is 2.57. The molecule has 0 spiro atoms. The Bertz CT molecular complexity index is 834. The summed E-state index contributed by atoms with van der Waals surface area (Å²) in [5, 5.41) is 14.4. The standard InChI is InChI=1S/C18H14F3N3O/c1-12-4-2-3-5-16(12)24-17(25)13(10-22)11-23-15-8-6-14(7-9-15)18(19,20)21/h2-9,11,23H,1H3,(H,24,25)/b13-11-. The molecule has 0 unspecified atom stereocenters. The van der Waals surface area contributed by atoms with Gasteiger partial charge in [0.1, 0.15) is 11.6 Å². The number of halogens is 3. The maximum atomic E-state index is 12.5. The molecule has 0 aromatic heterocycles. The Morgan fingerprint density at radius 3 is 2.32 bits per heavy atom. The van der Waals surface area contributed by atoms with Crippen molar-refractivity contribution in [2.24, 2.45) is 0 Å². The molecule has 2 aromatic rings. The third kappa shape index (κ3) is 4.85. The Morgan fingerprint density at radius 1 is 1.12 bits per heavy atom. The number of carbonyl (C=O) groups excluding carboxylic acids is 1. The second kappa shape index (κ2) is 7.53. The van der Waals surface area contributed by atoms with Crippen LogP contribution in [0.1, 0.15) is 11.1 Å². The van der Waals surface area contributed by atoms with E-state index in [0.29, 0.717) is 11.4 Å². The number of para-hydroxylation sites is 1. The largest absolute Gasteiger partial charge is 0.416 e. The van der Waals surface area contributed by atoms with E-state index in [1.807, 2.05) is 19.1 Å². The van der Waals surface area contributed by atoms with Crippen LogP contribution in [0.5, 0.6) is 0 Å². The van der Waals surface area contributed by atoms with E-state index in [2.05, 4.69) is 10.6 Å². The summed E-state index contributed by atoms with van der Waals surface area (Å²) in [6.07, 6.45) is -3.27. The highest BCUT2D eigenvalue weighted by atomic mass is 19.4. The van der Waals surface area contributed by atoms with Gasteiger partial charge in [0.15, 0.2) is 0 Å². The normalized spacial score (nSPS) is 11.6. The first kappa shape index (κ1) is 18.1. The van der Waals surface area contributed by atoms with Crippen LogP contribution in [0.3, 0.4) is 0 Å². The zero-order valence-electron chi connectivity index (χ0n) is 13.2. The topological polar surface area (TPSA) is 64.9 Å². The van der Waals surface area contributed by atoms with Crippen molar-refractivity contribution in [2.75, 3.05) is 10.6 Å². The van der Waals surface area contributed by atoms with E-state index in [4.69, 9.17) is 5.26 Å². The molecule has 2 rings (SSSR count). The summed E-state index contributed by atoms with van der Waals surface area (Å²) in [4.78, 5) is 12.1. The van der Waals surface area contributed by atoms with Gasteiger partial charge < -0.3 is 10.6 Å². The van der Waals surface area contributed by atoms with E-state index in [9.17, 15) is 18.0 Å².